The SMILES string of the molecule is O=C(CNc1ccccc1)C1CCCC1. The largest absolute Gasteiger partial charge is 0.378 e. The van der Waals surface area contributed by atoms with Gasteiger partial charge in [-0.2, -0.15) is 0 Å². The molecular formula is C13H17NO. The molecule has 0 bridgehead atoms. The molecule has 2 rings (SSSR count). The highest BCUT2D eigenvalue weighted by Crippen LogP contribution is 2.25. The van der Waals surface area contributed by atoms with Gasteiger partial charge in [0.05, 0.1) is 6.54 Å². The summed E-state index contributed by atoms with van der Waals surface area (Å²) < 4.78 is 0. The average molecular weight is 203 g/mol. The lowest BCUT2D eigenvalue weighted by Crippen LogP contribution is -2.20. The molecule has 0 heterocycles. The van der Waals surface area contributed by atoms with Gasteiger partial charge in [0.1, 0.15) is 0 Å². The van der Waals surface area contributed by atoms with Crippen LogP contribution in [-0.2, 0) is 4.79 Å². The van der Waals surface area contributed by atoms with Crippen LogP contribution < -0.4 is 5.32 Å². The number of hydrogen-bond donors (Lipinski definition) is 1. The standard InChI is InChI=1S/C13H17NO/c15-13(11-6-4-5-7-11)10-14-12-8-2-1-3-9-12/h1-3,8-9,11,14H,4-7,10H2. The van der Waals surface area contributed by atoms with Crippen molar-refractivity contribution in [2.75, 3.05) is 11.9 Å². The molecule has 2 heteroatoms. The maximum Gasteiger partial charge on any atom is 0.154 e. The van der Waals surface area contributed by atoms with Gasteiger partial charge in [0.15, 0.2) is 5.78 Å². The van der Waals surface area contributed by atoms with Crippen LogP contribution in [0.25, 0.3) is 0 Å². The van der Waals surface area contributed by atoms with Gasteiger partial charge in [-0.1, -0.05) is 31.0 Å². The quantitative estimate of drug-likeness (QED) is 0.815. The number of para-hydroxylation sites is 1. The Morgan fingerprint density at radius 1 is 1.20 bits per heavy atom. The molecule has 0 radical (unpaired) electrons. The molecular weight excluding hydrogens is 186 g/mol. The molecule has 0 aliphatic heterocycles. The Hall–Kier alpha value is -1.31. The predicted octanol–water partition coefficient (Wildman–Crippen LogP) is 2.86. The molecule has 2 nitrogen and oxygen atoms in total. The van der Waals surface area contributed by atoms with Crippen LogP contribution in [0, 0.1) is 5.92 Å². The number of ketones is 1. The summed E-state index contributed by atoms with van der Waals surface area (Å²) in [4.78, 5) is 11.8. The molecule has 15 heavy (non-hydrogen) atoms. The van der Waals surface area contributed by atoms with E-state index in [9.17, 15) is 4.79 Å². The van der Waals surface area contributed by atoms with E-state index in [0.29, 0.717) is 18.2 Å². The van der Waals surface area contributed by atoms with Gasteiger partial charge in [0.25, 0.3) is 0 Å². The molecule has 1 aliphatic rings. The highest BCUT2D eigenvalue weighted by atomic mass is 16.1. The summed E-state index contributed by atoms with van der Waals surface area (Å²) in [5, 5.41) is 3.17. The van der Waals surface area contributed by atoms with Gasteiger partial charge in [-0.15, -0.1) is 0 Å². The van der Waals surface area contributed by atoms with Gasteiger partial charge in [-0.3, -0.25) is 4.79 Å². The molecule has 0 aromatic heterocycles. The first-order valence-corrected chi connectivity index (χ1v) is 5.68. The molecule has 1 aromatic carbocycles. The maximum atomic E-state index is 11.8. The lowest BCUT2D eigenvalue weighted by molar-refractivity contribution is -0.120. The number of nitrogens with one attached hydrogen (secondary N) is 1. The molecule has 1 aliphatic carbocycles. The summed E-state index contributed by atoms with van der Waals surface area (Å²) in [6.45, 7) is 0.481. The van der Waals surface area contributed by atoms with Crippen molar-refractivity contribution in [1.29, 1.82) is 0 Å². The molecule has 0 unspecified atom stereocenters. The Labute approximate surface area is 90.7 Å². The topological polar surface area (TPSA) is 29.1 Å². The van der Waals surface area contributed by atoms with Crippen LogP contribution in [-0.4, -0.2) is 12.3 Å². The zero-order valence-electron chi connectivity index (χ0n) is 8.91. The van der Waals surface area contributed by atoms with Crippen molar-refractivity contribution in [3.05, 3.63) is 30.3 Å². The van der Waals surface area contributed by atoms with Crippen molar-refractivity contribution < 1.29 is 4.79 Å². The van der Waals surface area contributed by atoms with Gasteiger partial charge in [-0.25, -0.2) is 0 Å². The first-order chi connectivity index (χ1) is 7.36. The van der Waals surface area contributed by atoms with E-state index in [1.807, 2.05) is 30.3 Å². The van der Waals surface area contributed by atoms with Gasteiger partial charge in [0.2, 0.25) is 0 Å². The van der Waals surface area contributed by atoms with E-state index in [-0.39, 0.29) is 0 Å². The number of hydrogen-bond acceptors (Lipinski definition) is 2. The van der Waals surface area contributed by atoms with Crippen molar-refractivity contribution in [3.8, 4) is 0 Å². The van der Waals surface area contributed by atoms with Crippen LogP contribution in [0.1, 0.15) is 25.7 Å². The molecule has 1 N–H and O–H groups in total. The molecule has 0 saturated heterocycles. The lowest BCUT2D eigenvalue weighted by atomic mass is 10.0. The second-order valence-corrected chi connectivity index (χ2v) is 4.17. The second-order valence-electron chi connectivity index (χ2n) is 4.17. The second kappa shape index (κ2) is 4.96. The third kappa shape index (κ3) is 2.82. The minimum absolute atomic E-state index is 0.321. The van der Waals surface area contributed by atoms with Gasteiger partial charge in [0, 0.05) is 11.6 Å². The van der Waals surface area contributed by atoms with Crippen molar-refractivity contribution in [2.24, 2.45) is 5.92 Å². The zero-order chi connectivity index (χ0) is 10.5. The Morgan fingerprint density at radius 2 is 1.87 bits per heavy atom. The van der Waals surface area contributed by atoms with E-state index in [1.165, 1.54) is 12.8 Å². The Morgan fingerprint density at radius 3 is 2.53 bits per heavy atom. The highest BCUT2D eigenvalue weighted by molar-refractivity contribution is 5.85. The molecule has 0 spiro atoms. The summed E-state index contributed by atoms with van der Waals surface area (Å²) in [6, 6.07) is 9.90. The summed E-state index contributed by atoms with van der Waals surface area (Å²) in [5.41, 5.74) is 1.03. The summed E-state index contributed by atoms with van der Waals surface area (Å²) in [5.74, 6) is 0.692. The monoisotopic (exact) mass is 203 g/mol. The van der Waals surface area contributed by atoms with Crippen molar-refractivity contribution >= 4 is 11.5 Å². The summed E-state index contributed by atoms with van der Waals surface area (Å²) in [7, 11) is 0. The number of carbonyl (C=O) groups excluding carboxylic acids is 1. The number of Topliss-reactive ketones (excluding diaryl/α,β-unsaturated/α-hetero) is 1. The minimum atomic E-state index is 0.321. The van der Waals surface area contributed by atoms with Crippen LogP contribution in [0.3, 0.4) is 0 Å². The zero-order valence-corrected chi connectivity index (χ0v) is 8.91. The molecule has 0 amide bonds. The Kier molecular flexibility index (Phi) is 3.38. The predicted molar refractivity (Wildman–Crippen MR) is 61.9 cm³/mol. The van der Waals surface area contributed by atoms with Gasteiger partial charge < -0.3 is 5.32 Å². The van der Waals surface area contributed by atoms with E-state index in [1.54, 1.807) is 0 Å². The van der Waals surface area contributed by atoms with Crippen molar-refractivity contribution in [3.63, 3.8) is 0 Å². The van der Waals surface area contributed by atoms with E-state index < -0.39 is 0 Å². The fourth-order valence-corrected chi connectivity index (χ4v) is 2.14. The van der Waals surface area contributed by atoms with E-state index in [0.717, 1.165) is 18.5 Å². The van der Waals surface area contributed by atoms with Crippen molar-refractivity contribution in [2.45, 2.75) is 25.7 Å². The fraction of sp³-hybridized carbons (Fsp3) is 0.462. The van der Waals surface area contributed by atoms with Crippen LogP contribution in [0.4, 0.5) is 5.69 Å². The number of anilines is 1. The number of carbonyl (C=O) groups is 1. The smallest absolute Gasteiger partial charge is 0.154 e. The molecule has 1 fully saturated rings. The molecule has 1 aromatic rings. The fourth-order valence-electron chi connectivity index (χ4n) is 2.14. The normalized spacial score (nSPS) is 16.5. The van der Waals surface area contributed by atoms with Gasteiger partial charge >= 0.3 is 0 Å². The van der Waals surface area contributed by atoms with Crippen molar-refractivity contribution in [1.82, 2.24) is 0 Å². The number of benzene rings is 1. The maximum absolute atomic E-state index is 11.8. The van der Waals surface area contributed by atoms with E-state index in [2.05, 4.69) is 5.32 Å². The van der Waals surface area contributed by atoms with E-state index in [4.69, 9.17) is 0 Å². The molecule has 0 atom stereocenters. The third-order valence-electron chi connectivity index (χ3n) is 3.05. The van der Waals surface area contributed by atoms with Gasteiger partial charge in [-0.05, 0) is 25.0 Å². The van der Waals surface area contributed by atoms with Crippen LogP contribution in [0.15, 0.2) is 30.3 Å². The number of rotatable bonds is 4. The van der Waals surface area contributed by atoms with Crippen LogP contribution in [0.5, 0.6) is 0 Å². The first kappa shape index (κ1) is 10.2. The van der Waals surface area contributed by atoms with Crippen LogP contribution >= 0.6 is 0 Å². The van der Waals surface area contributed by atoms with E-state index >= 15 is 0 Å². The van der Waals surface area contributed by atoms with Crippen LogP contribution in [0.2, 0.25) is 0 Å². The first-order valence-electron chi connectivity index (χ1n) is 5.68. The average Bonchev–Trinajstić information content (AvgIpc) is 2.81. The minimum Gasteiger partial charge on any atom is -0.378 e. The summed E-state index contributed by atoms with van der Waals surface area (Å²) >= 11 is 0. The Bertz CT molecular complexity index is 315. The molecule has 80 valence electrons. The lowest BCUT2D eigenvalue weighted by Gasteiger charge is -2.09. The third-order valence-corrected chi connectivity index (χ3v) is 3.05. The molecule has 1 saturated carbocycles. The highest BCUT2D eigenvalue weighted by Gasteiger charge is 2.21. The Balaban J connectivity index is 1.80. The summed E-state index contributed by atoms with van der Waals surface area (Å²) in [6.07, 6.45) is 4.63.